The Kier molecular flexibility index (Phi) is 3.03. The molecule has 2 aromatic rings. The molecule has 3 nitrogen and oxygen atoms in total. The number of rotatable bonds is 3. The summed E-state index contributed by atoms with van der Waals surface area (Å²) in [6.07, 6.45) is 3.02. The van der Waals surface area contributed by atoms with Gasteiger partial charge in [-0.25, -0.2) is 12.4 Å². The van der Waals surface area contributed by atoms with Crippen molar-refractivity contribution in [1.82, 2.24) is 3.97 Å². The smallest absolute Gasteiger partial charge is 0.249 e. The Morgan fingerprint density at radius 1 is 1.12 bits per heavy atom. The quantitative estimate of drug-likeness (QED) is 0.791. The number of aromatic nitrogens is 1. The second kappa shape index (κ2) is 4.31. The number of alkyl halides is 1. The molecule has 1 aromatic carbocycles. The molecule has 0 N–H and O–H groups in total. The Morgan fingerprint density at radius 3 is 2.38 bits per heavy atom. The van der Waals surface area contributed by atoms with E-state index in [4.69, 9.17) is 11.6 Å². The maximum Gasteiger partial charge on any atom is 0.267 e. The molecule has 2 rings (SSSR count). The first-order valence-corrected chi connectivity index (χ1v) is 6.65. The first kappa shape index (κ1) is 11.2. The van der Waals surface area contributed by atoms with Crippen LogP contribution in [0.1, 0.15) is 5.56 Å². The van der Waals surface area contributed by atoms with E-state index in [1.807, 2.05) is 0 Å². The van der Waals surface area contributed by atoms with Gasteiger partial charge in [0.15, 0.2) is 0 Å². The Bertz CT molecular complexity index is 575. The lowest BCUT2D eigenvalue weighted by Gasteiger charge is -2.04. The van der Waals surface area contributed by atoms with Gasteiger partial charge >= 0.3 is 0 Å². The molecule has 0 fully saturated rings. The van der Waals surface area contributed by atoms with Crippen LogP contribution >= 0.6 is 11.6 Å². The summed E-state index contributed by atoms with van der Waals surface area (Å²) in [5, 5.41) is 0. The summed E-state index contributed by atoms with van der Waals surface area (Å²) in [4.78, 5) is 0.270. The zero-order valence-electron chi connectivity index (χ0n) is 8.38. The summed E-state index contributed by atoms with van der Waals surface area (Å²) in [5.74, 6) is 0.303. The van der Waals surface area contributed by atoms with E-state index >= 15 is 0 Å². The summed E-state index contributed by atoms with van der Waals surface area (Å²) < 4.78 is 25.3. The summed E-state index contributed by atoms with van der Waals surface area (Å²) in [6, 6.07) is 9.98. The molecule has 0 radical (unpaired) electrons. The second-order valence-electron chi connectivity index (χ2n) is 3.30. The lowest BCUT2D eigenvalue weighted by atomic mass is 10.4. The molecule has 0 atom stereocenters. The van der Waals surface area contributed by atoms with Gasteiger partial charge < -0.3 is 0 Å². The maximum atomic E-state index is 12.1. The molecule has 0 aliphatic rings. The Balaban J connectivity index is 2.47. The Labute approximate surface area is 99.3 Å². The van der Waals surface area contributed by atoms with Crippen molar-refractivity contribution in [3.63, 3.8) is 0 Å². The average molecular weight is 256 g/mol. The third-order valence-corrected chi connectivity index (χ3v) is 4.16. The van der Waals surface area contributed by atoms with Gasteiger partial charge in [0.25, 0.3) is 10.0 Å². The molecule has 0 unspecified atom stereocenters. The van der Waals surface area contributed by atoms with E-state index in [1.165, 1.54) is 16.4 Å². The van der Waals surface area contributed by atoms with E-state index in [0.717, 1.165) is 5.56 Å². The first-order valence-electron chi connectivity index (χ1n) is 4.68. The predicted molar refractivity (Wildman–Crippen MR) is 63.0 cm³/mol. The molecule has 5 heteroatoms. The number of hydrogen-bond donors (Lipinski definition) is 0. The van der Waals surface area contributed by atoms with Crippen LogP contribution in [0, 0.1) is 0 Å². The van der Waals surface area contributed by atoms with Gasteiger partial charge in [0.2, 0.25) is 0 Å². The lowest BCUT2D eigenvalue weighted by Crippen LogP contribution is -2.10. The van der Waals surface area contributed by atoms with Crippen molar-refractivity contribution < 1.29 is 8.42 Å². The van der Waals surface area contributed by atoms with Crippen molar-refractivity contribution >= 4 is 21.6 Å². The van der Waals surface area contributed by atoms with E-state index in [-0.39, 0.29) is 4.90 Å². The highest BCUT2D eigenvalue weighted by Gasteiger charge is 2.15. The Hall–Kier alpha value is -1.26. The highest BCUT2D eigenvalue weighted by molar-refractivity contribution is 7.90. The van der Waals surface area contributed by atoms with Crippen LogP contribution in [0.4, 0.5) is 0 Å². The van der Waals surface area contributed by atoms with Crippen LogP contribution in [0.25, 0.3) is 0 Å². The van der Waals surface area contributed by atoms with Gasteiger partial charge in [-0.05, 0) is 23.8 Å². The third-order valence-electron chi connectivity index (χ3n) is 2.20. The van der Waals surface area contributed by atoms with Crippen LogP contribution in [0.2, 0.25) is 0 Å². The molecule has 16 heavy (non-hydrogen) atoms. The molecule has 0 bridgehead atoms. The van der Waals surface area contributed by atoms with E-state index < -0.39 is 10.0 Å². The summed E-state index contributed by atoms with van der Waals surface area (Å²) >= 11 is 5.63. The standard InChI is InChI=1S/C11H10ClNO2S/c12-8-10-6-7-13(9-10)16(14,15)11-4-2-1-3-5-11/h1-7,9H,8H2. The van der Waals surface area contributed by atoms with Crippen molar-refractivity contribution in [1.29, 1.82) is 0 Å². The number of halogens is 1. The molecule has 84 valence electrons. The first-order chi connectivity index (χ1) is 7.64. The van der Waals surface area contributed by atoms with Gasteiger partial charge in [-0.1, -0.05) is 18.2 Å². The van der Waals surface area contributed by atoms with Gasteiger partial charge in [-0.15, -0.1) is 11.6 Å². The van der Waals surface area contributed by atoms with E-state index in [1.54, 1.807) is 36.4 Å². The summed E-state index contributed by atoms with van der Waals surface area (Å²) in [5.41, 5.74) is 0.779. The van der Waals surface area contributed by atoms with Crippen LogP contribution in [0.5, 0.6) is 0 Å². The van der Waals surface area contributed by atoms with Gasteiger partial charge in [0.1, 0.15) is 0 Å². The van der Waals surface area contributed by atoms with Crippen LogP contribution in [-0.4, -0.2) is 12.4 Å². The van der Waals surface area contributed by atoms with Crippen molar-refractivity contribution in [2.45, 2.75) is 10.8 Å². The minimum Gasteiger partial charge on any atom is -0.249 e. The fourth-order valence-corrected chi connectivity index (χ4v) is 2.76. The van der Waals surface area contributed by atoms with Crippen LogP contribution in [-0.2, 0) is 15.9 Å². The largest absolute Gasteiger partial charge is 0.267 e. The highest BCUT2D eigenvalue weighted by atomic mass is 35.5. The normalized spacial score (nSPS) is 11.6. The maximum absolute atomic E-state index is 12.1. The molecule has 0 saturated carbocycles. The molecule has 1 aromatic heterocycles. The van der Waals surface area contributed by atoms with Crippen molar-refractivity contribution in [2.75, 3.05) is 0 Å². The highest BCUT2D eigenvalue weighted by Crippen LogP contribution is 2.15. The number of hydrogen-bond acceptors (Lipinski definition) is 2. The SMILES string of the molecule is O=S(=O)(c1ccccc1)n1ccc(CCl)c1. The van der Waals surface area contributed by atoms with Crippen molar-refractivity contribution in [3.05, 3.63) is 54.4 Å². The summed E-state index contributed by atoms with van der Waals surface area (Å²) in [6.45, 7) is 0. The number of benzene rings is 1. The molecule has 1 heterocycles. The molecule has 0 aliphatic carbocycles. The molecule has 0 aliphatic heterocycles. The monoisotopic (exact) mass is 255 g/mol. The molecular weight excluding hydrogens is 246 g/mol. The minimum atomic E-state index is -3.47. The summed E-state index contributed by atoms with van der Waals surface area (Å²) in [7, 11) is -3.47. The van der Waals surface area contributed by atoms with Crippen LogP contribution < -0.4 is 0 Å². The molecule has 0 amide bonds. The zero-order valence-corrected chi connectivity index (χ0v) is 9.95. The van der Waals surface area contributed by atoms with Crippen molar-refractivity contribution in [2.24, 2.45) is 0 Å². The predicted octanol–water partition coefficient (Wildman–Crippen LogP) is 2.46. The lowest BCUT2D eigenvalue weighted by molar-refractivity contribution is 0.587. The topological polar surface area (TPSA) is 39.1 Å². The molecule has 0 spiro atoms. The van der Waals surface area contributed by atoms with Crippen LogP contribution in [0.3, 0.4) is 0 Å². The fraction of sp³-hybridized carbons (Fsp3) is 0.0909. The zero-order chi connectivity index (χ0) is 11.6. The molecular formula is C11H10ClNO2S. The van der Waals surface area contributed by atoms with Crippen LogP contribution in [0.15, 0.2) is 53.7 Å². The van der Waals surface area contributed by atoms with Gasteiger partial charge in [-0.2, -0.15) is 0 Å². The average Bonchev–Trinajstić information content (AvgIpc) is 2.79. The third kappa shape index (κ3) is 1.99. The van der Waals surface area contributed by atoms with Gasteiger partial charge in [-0.3, -0.25) is 0 Å². The fourth-order valence-electron chi connectivity index (χ4n) is 1.36. The van der Waals surface area contributed by atoms with E-state index in [9.17, 15) is 8.42 Å². The number of nitrogens with zero attached hydrogens (tertiary/aromatic N) is 1. The second-order valence-corrected chi connectivity index (χ2v) is 5.41. The van der Waals surface area contributed by atoms with E-state index in [2.05, 4.69) is 0 Å². The van der Waals surface area contributed by atoms with Gasteiger partial charge in [0.05, 0.1) is 4.90 Å². The van der Waals surface area contributed by atoms with E-state index in [0.29, 0.717) is 5.88 Å². The van der Waals surface area contributed by atoms with Crippen molar-refractivity contribution in [3.8, 4) is 0 Å². The minimum absolute atomic E-state index is 0.270. The molecule has 0 saturated heterocycles. The van der Waals surface area contributed by atoms with Gasteiger partial charge in [0, 0.05) is 18.3 Å². The Morgan fingerprint density at radius 2 is 1.81 bits per heavy atom.